The molecule has 0 saturated carbocycles. The number of aromatic nitrogens is 2. The summed E-state index contributed by atoms with van der Waals surface area (Å²) in [5.74, 6) is -1.04. The van der Waals surface area contributed by atoms with Crippen molar-refractivity contribution in [2.24, 2.45) is 0 Å². The van der Waals surface area contributed by atoms with Gasteiger partial charge in [-0.2, -0.15) is 5.10 Å². The third kappa shape index (κ3) is 2.10. The van der Waals surface area contributed by atoms with E-state index in [0.717, 1.165) is 16.9 Å². The molecule has 2 rings (SSSR count). The van der Waals surface area contributed by atoms with Gasteiger partial charge in [0.15, 0.2) is 5.69 Å². The topological polar surface area (TPSA) is 55.1 Å². The molecule has 4 nitrogen and oxygen atoms in total. The Labute approximate surface area is 107 Å². The van der Waals surface area contributed by atoms with E-state index in [1.165, 1.54) is 0 Å². The van der Waals surface area contributed by atoms with E-state index in [1.54, 1.807) is 4.68 Å². The molecule has 0 radical (unpaired) electrons. The lowest BCUT2D eigenvalue weighted by atomic mass is 10.2. The van der Waals surface area contributed by atoms with Crippen molar-refractivity contribution in [1.82, 2.24) is 9.78 Å². The molecule has 2 aromatic rings. The highest BCUT2D eigenvalue weighted by Crippen LogP contribution is 2.23. The molecule has 88 valence electrons. The fraction of sp³-hybridized carbons (Fsp3) is 0.167. The first-order chi connectivity index (χ1) is 8.00. The van der Waals surface area contributed by atoms with Crippen LogP contribution in [0.5, 0.6) is 0 Å². The first kappa shape index (κ1) is 11.9. The molecule has 1 N–H and O–H groups in total. The van der Waals surface area contributed by atoms with Gasteiger partial charge in [0.25, 0.3) is 0 Å². The van der Waals surface area contributed by atoms with Crippen molar-refractivity contribution >= 4 is 21.9 Å². The average molecular weight is 295 g/mol. The number of carboxylic acids is 1. The summed E-state index contributed by atoms with van der Waals surface area (Å²) in [5.41, 5.74) is 2.76. The van der Waals surface area contributed by atoms with Crippen molar-refractivity contribution in [1.29, 1.82) is 0 Å². The van der Waals surface area contributed by atoms with Gasteiger partial charge >= 0.3 is 5.97 Å². The fourth-order valence-corrected chi connectivity index (χ4v) is 2.05. The number of hydrogen-bond acceptors (Lipinski definition) is 2. The number of rotatable bonds is 2. The number of hydrogen-bond donors (Lipinski definition) is 1. The van der Waals surface area contributed by atoms with Crippen LogP contribution in [0.25, 0.3) is 5.69 Å². The Morgan fingerprint density at radius 2 is 2.12 bits per heavy atom. The Kier molecular flexibility index (Phi) is 3.02. The molecule has 1 aromatic carbocycles. The molecule has 0 bridgehead atoms. The number of aryl methyl sites for hydroxylation is 1. The highest BCUT2D eigenvalue weighted by molar-refractivity contribution is 9.10. The predicted molar refractivity (Wildman–Crippen MR) is 67.7 cm³/mol. The molecule has 5 heteroatoms. The molecule has 0 unspecified atom stereocenters. The van der Waals surface area contributed by atoms with Gasteiger partial charge in [-0.05, 0) is 47.5 Å². The molecular formula is C12H11BrN2O2. The first-order valence-electron chi connectivity index (χ1n) is 5.06. The zero-order chi connectivity index (χ0) is 12.6. The Balaban J connectivity index is 2.61. The van der Waals surface area contributed by atoms with Crippen LogP contribution < -0.4 is 0 Å². The summed E-state index contributed by atoms with van der Waals surface area (Å²) < 4.78 is 2.15. The summed E-state index contributed by atoms with van der Waals surface area (Å²) in [4.78, 5) is 11.0. The number of halogens is 1. The number of benzene rings is 1. The number of nitrogens with zero attached hydrogens (tertiary/aromatic N) is 2. The van der Waals surface area contributed by atoms with Crippen molar-refractivity contribution in [2.75, 3.05) is 0 Å². The summed E-state index contributed by atoms with van der Waals surface area (Å²) in [5, 5.41) is 13.1. The second kappa shape index (κ2) is 4.33. The summed E-state index contributed by atoms with van der Waals surface area (Å²) in [7, 11) is 0. The normalized spacial score (nSPS) is 10.5. The molecule has 0 aliphatic rings. The van der Waals surface area contributed by atoms with E-state index in [-0.39, 0.29) is 5.69 Å². The Morgan fingerprint density at radius 3 is 2.65 bits per heavy atom. The van der Waals surface area contributed by atoms with Gasteiger partial charge in [0.2, 0.25) is 0 Å². The van der Waals surface area contributed by atoms with Crippen molar-refractivity contribution in [3.63, 3.8) is 0 Å². The van der Waals surface area contributed by atoms with Crippen LogP contribution in [0.4, 0.5) is 0 Å². The van der Waals surface area contributed by atoms with Crippen molar-refractivity contribution in [3.8, 4) is 5.69 Å². The van der Waals surface area contributed by atoms with E-state index in [0.29, 0.717) is 4.47 Å². The van der Waals surface area contributed by atoms with Gasteiger partial charge in [0, 0.05) is 0 Å². The lowest BCUT2D eigenvalue weighted by Crippen LogP contribution is -2.02. The molecule has 0 saturated heterocycles. The summed E-state index contributed by atoms with van der Waals surface area (Å²) in [6.07, 6.45) is 0. The third-order valence-electron chi connectivity index (χ3n) is 2.49. The molecule has 1 aromatic heterocycles. The van der Waals surface area contributed by atoms with Gasteiger partial charge in [-0.1, -0.05) is 12.1 Å². The van der Waals surface area contributed by atoms with Crippen LogP contribution in [-0.4, -0.2) is 20.9 Å². The molecule has 1 heterocycles. The minimum absolute atomic E-state index is 0.0315. The molecule has 0 aliphatic carbocycles. The zero-order valence-electron chi connectivity index (χ0n) is 9.44. The molecule has 0 spiro atoms. The van der Waals surface area contributed by atoms with Crippen molar-refractivity contribution in [2.45, 2.75) is 13.8 Å². The second-order valence-corrected chi connectivity index (χ2v) is 4.60. The van der Waals surface area contributed by atoms with Gasteiger partial charge < -0.3 is 5.11 Å². The summed E-state index contributed by atoms with van der Waals surface area (Å²) >= 11 is 3.25. The van der Waals surface area contributed by atoms with Crippen LogP contribution in [0.1, 0.15) is 21.7 Å². The molecule has 0 fully saturated rings. The lowest BCUT2D eigenvalue weighted by Gasteiger charge is -2.04. The van der Waals surface area contributed by atoms with Gasteiger partial charge in [-0.3, -0.25) is 0 Å². The molecule has 0 aliphatic heterocycles. The van der Waals surface area contributed by atoms with E-state index in [9.17, 15) is 4.79 Å². The van der Waals surface area contributed by atoms with Crippen molar-refractivity contribution in [3.05, 3.63) is 45.7 Å². The van der Waals surface area contributed by atoms with Crippen molar-refractivity contribution < 1.29 is 9.90 Å². The Hall–Kier alpha value is -1.62. The van der Waals surface area contributed by atoms with Gasteiger partial charge in [-0.15, -0.1) is 0 Å². The highest BCUT2D eigenvalue weighted by atomic mass is 79.9. The average Bonchev–Trinajstić information content (AvgIpc) is 2.56. The summed E-state index contributed by atoms with van der Waals surface area (Å²) in [6, 6.07) is 7.75. The van der Waals surface area contributed by atoms with Gasteiger partial charge in [-0.25, -0.2) is 9.48 Å². The molecule has 17 heavy (non-hydrogen) atoms. The molecule has 0 amide bonds. The number of aromatic carboxylic acids is 1. The minimum atomic E-state index is -1.04. The van der Waals surface area contributed by atoms with E-state index in [4.69, 9.17) is 5.11 Å². The minimum Gasteiger partial charge on any atom is -0.476 e. The quantitative estimate of drug-likeness (QED) is 0.926. The predicted octanol–water partition coefficient (Wildman–Crippen LogP) is 2.95. The standard InChI is InChI=1S/C12H11BrN2O2/c1-7-4-3-5-9(6-7)15-8(2)10(13)11(14-15)12(16)17/h3-6H,1-2H3,(H,16,17). The first-order valence-corrected chi connectivity index (χ1v) is 5.85. The Bertz CT molecular complexity index is 590. The third-order valence-corrected chi connectivity index (χ3v) is 3.44. The SMILES string of the molecule is Cc1cccc(-n2nc(C(=O)O)c(Br)c2C)c1. The smallest absolute Gasteiger partial charge is 0.357 e. The second-order valence-electron chi connectivity index (χ2n) is 3.80. The molecular weight excluding hydrogens is 284 g/mol. The van der Waals surface area contributed by atoms with E-state index in [1.807, 2.05) is 38.1 Å². The zero-order valence-corrected chi connectivity index (χ0v) is 11.0. The van der Waals surface area contributed by atoms with E-state index < -0.39 is 5.97 Å². The number of carboxylic acid groups (broad SMARTS) is 1. The number of carbonyl (C=O) groups is 1. The van der Waals surface area contributed by atoms with Gasteiger partial charge in [0.1, 0.15) is 0 Å². The van der Waals surface area contributed by atoms with E-state index >= 15 is 0 Å². The van der Waals surface area contributed by atoms with E-state index in [2.05, 4.69) is 21.0 Å². The summed E-state index contributed by atoms with van der Waals surface area (Å²) in [6.45, 7) is 3.81. The highest BCUT2D eigenvalue weighted by Gasteiger charge is 2.18. The maximum absolute atomic E-state index is 11.0. The maximum Gasteiger partial charge on any atom is 0.357 e. The largest absolute Gasteiger partial charge is 0.476 e. The van der Waals surface area contributed by atoms with Gasteiger partial charge in [0.05, 0.1) is 15.9 Å². The lowest BCUT2D eigenvalue weighted by molar-refractivity contribution is 0.0689. The van der Waals surface area contributed by atoms with Crippen LogP contribution in [0.15, 0.2) is 28.7 Å². The van der Waals surface area contributed by atoms with Crippen LogP contribution in [0.3, 0.4) is 0 Å². The molecule has 0 atom stereocenters. The Morgan fingerprint density at radius 1 is 1.41 bits per heavy atom. The van der Waals surface area contributed by atoms with Crippen LogP contribution in [0, 0.1) is 13.8 Å². The maximum atomic E-state index is 11.0. The van der Waals surface area contributed by atoms with Crippen LogP contribution in [-0.2, 0) is 0 Å². The monoisotopic (exact) mass is 294 g/mol. The van der Waals surface area contributed by atoms with Crippen LogP contribution >= 0.6 is 15.9 Å². The fourth-order valence-electron chi connectivity index (χ4n) is 1.63. The van der Waals surface area contributed by atoms with Crippen LogP contribution in [0.2, 0.25) is 0 Å².